The van der Waals surface area contributed by atoms with Gasteiger partial charge in [0.2, 0.25) is 0 Å². The summed E-state index contributed by atoms with van der Waals surface area (Å²) in [7, 11) is 0. The predicted molar refractivity (Wildman–Crippen MR) is 106 cm³/mol. The van der Waals surface area contributed by atoms with E-state index >= 15 is 0 Å². The van der Waals surface area contributed by atoms with E-state index in [4.69, 9.17) is 4.98 Å². The number of hydrogen-bond donors (Lipinski definition) is 0. The van der Waals surface area contributed by atoms with Crippen molar-refractivity contribution in [2.45, 2.75) is 25.7 Å². The van der Waals surface area contributed by atoms with Gasteiger partial charge in [-0.2, -0.15) is 0 Å². The smallest absolute Gasteiger partial charge is 0.257 e. The molecule has 6 nitrogen and oxygen atoms in total. The average molecular weight is 379 g/mol. The second-order valence-electron chi connectivity index (χ2n) is 7.24. The van der Waals surface area contributed by atoms with Gasteiger partial charge < -0.3 is 9.80 Å². The number of fused-ring (bicyclic) bond motifs is 1. The predicted octanol–water partition coefficient (Wildman–Crippen LogP) is 3.23. The van der Waals surface area contributed by atoms with Gasteiger partial charge in [0, 0.05) is 38.3 Å². The molecule has 2 aliphatic rings. The number of carbonyl (C=O) groups excluding carboxylic acids is 1. The van der Waals surface area contributed by atoms with Crippen LogP contribution >= 0.6 is 11.3 Å². The van der Waals surface area contributed by atoms with Crippen LogP contribution in [0.1, 0.15) is 40.6 Å². The Balaban J connectivity index is 1.27. The Morgan fingerprint density at radius 3 is 2.59 bits per heavy atom. The van der Waals surface area contributed by atoms with Crippen LogP contribution in [0.5, 0.6) is 0 Å². The average Bonchev–Trinajstić information content (AvgIpc) is 3.46. The molecular formula is C20H21N5OS. The highest BCUT2D eigenvalue weighted by molar-refractivity contribution is 7.22. The van der Waals surface area contributed by atoms with Crippen LogP contribution in [0.2, 0.25) is 0 Å². The van der Waals surface area contributed by atoms with Crippen molar-refractivity contribution < 1.29 is 4.79 Å². The molecule has 27 heavy (non-hydrogen) atoms. The molecule has 138 valence electrons. The second kappa shape index (κ2) is 6.56. The highest BCUT2D eigenvalue weighted by Crippen LogP contribution is 2.38. The summed E-state index contributed by atoms with van der Waals surface area (Å²) in [6.45, 7) is 4.90. The van der Waals surface area contributed by atoms with Crippen LogP contribution < -0.4 is 4.90 Å². The van der Waals surface area contributed by atoms with Gasteiger partial charge >= 0.3 is 0 Å². The summed E-state index contributed by atoms with van der Waals surface area (Å²) < 4.78 is 1.20. The Bertz CT molecular complexity index is 972. The zero-order chi connectivity index (χ0) is 18.4. The SMILES string of the molecule is Cc1nc(C2CC2)ncc1C(=O)N1CCN(c2nc3ccccc3s2)CC1. The number of piperazine rings is 1. The number of para-hydroxylation sites is 1. The van der Waals surface area contributed by atoms with E-state index in [9.17, 15) is 4.79 Å². The van der Waals surface area contributed by atoms with Crippen molar-refractivity contribution in [2.75, 3.05) is 31.1 Å². The normalized spacial score (nSPS) is 17.5. The van der Waals surface area contributed by atoms with Gasteiger partial charge in [-0.15, -0.1) is 0 Å². The van der Waals surface area contributed by atoms with Gasteiger partial charge in [0.15, 0.2) is 5.13 Å². The van der Waals surface area contributed by atoms with E-state index < -0.39 is 0 Å². The van der Waals surface area contributed by atoms with E-state index in [1.165, 1.54) is 17.5 Å². The minimum absolute atomic E-state index is 0.0406. The molecule has 0 atom stereocenters. The van der Waals surface area contributed by atoms with Crippen molar-refractivity contribution in [3.05, 3.63) is 47.5 Å². The zero-order valence-corrected chi connectivity index (χ0v) is 16.1. The molecule has 1 saturated carbocycles. The number of anilines is 1. The minimum Gasteiger partial charge on any atom is -0.345 e. The number of carbonyl (C=O) groups is 1. The van der Waals surface area contributed by atoms with Crippen molar-refractivity contribution >= 4 is 32.6 Å². The standard InChI is InChI=1S/C20H21N5OS/c1-13-15(12-21-18(22-13)14-6-7-14)19(26)24-8-10-25(11-9-24)20-23-16-4-2-3-5-17(16)27-20/h2-5,12,14H,6-11H2,1H3. The van der Waals surface area contributed by atoms with Crippen LogP contribution in [0.4, 0.5) is 5.13 Å². The number of rotatable bonds is 3. The fourth-order valence-corrected chi connectivity index (χ4v) is 4.52. The van der Waals surface area contributed by atoms with Crippen LogP contribution in [0.25, 0.3) is 10.2 Å². The Hall–Kier alpha value is -2.54. The van der Waals surface area contributed by atoms with Crippen molar-refractivity contribution in [1.82, 2.24) is 19.9 Å². The summed E-state index contributed by atoms with van der Waals surface area (Å²) in [5.41, 5.74) is 2.47. The van der Waals surface area contributed by atoms with Crippen molar-refractivity contribution in [1.29, 1.82) is 0 Å². The molecule has 5 rings (SSSR count). The summed E-state index contributed by atoms with van der Waals surface area (Å²) in [6, 6.07) is 8.20. The Morgan fingerprint density at radius 1 is 1.11 bits per heavy atom. The number of aromatic nitrogens is 3. The van der Waals surface area contributed by atoms with Gasteiger partial charge in [0.1, 0.15) is 5.82 Å². The maximum Gasteiger partial charge on any atom is 0.257 e. The number of amides is 1. The molecule has 0 spiro atoms. The summed E-state index contributed by atoms with van der Waals surface area (Å²) in [5, 5.41) is 1.04. The summed E-state index contributed by atoms with van der Waals surface area (Å²) >= 11 is 1.71. The molecule has 3 aromatic rings. The maximum absolute atomic E-state index is 12.9. The molecule has 0 N–H and O–H groups in total. The largest absolute Gasteiger partial charge is 0.345 e. The lowest BCUT2D eigenvalue weighted by Crippen LogP contribution is -2.49. The van der Waals surface area contributed by atoms with Gasteiger partial charge in [0.25, 0.3) is 5.91 Å². The summed E-state index contributed by atoms with van der Waals surface area (Å²) in [4.78, 5) is 30.8. The first-order valence-electron chi connectivity index (χ1n) is 9.42. The minimum atomic E-state index is 0.0406. The molecule has 1 saturated heterocycles. The highest BCUT2D eigenvalue weighted by Gasteiger charge is 2.29. The highest BCUT2D eigenvalue weighted by atomic mass is 32.1. The molecule has 0 unspecified atom stereocenters. The monoisotopic (exact) mass is 379 g/mol. The molecule has 1 aliphatic heterocycles. The molecular weight excluding hydrogens is 358 g/mol. The number of aryl methyl sites for hydroxylation is 1. The lowest BCUT2D eigenvalue weighted by Gasteiger charge is -2.34. The third kappa shape index (κ3) is 3.16. The van der Waals surface area contributed by atoms with E-state index in [2.05, 4.69) is 20.9 Å². The lowest BCUT2D eigenvalue weighted by atomic mass is 10.2. The topological polar surface area (TPSA) is 62.2 Å². The molecule has 0 bridgehead atoms. The van der Waals surface area contributed by atoms with Gasteiger partial charge in [-0.25, -0.2) is 15.0 Å². The van der Waals surface area contributed by atoms with Crippen LogP contribution in [-0.4, -0.2) is 51.9 Å². The van der Waals surface area contributed by atoms with Crippen molar-refractivity contribution in [3.63, 3.8) is 0 Å². The molecule has 2 aromatic heterocycles. The Labute approximate surface area is 161 Å². The van der Waals surface area contributed by atoms with Crippen LogP contribution in [-0.2, 0) is 0 Å². The first-order chi connectivity index (χ1) is 13.2. The van der Waals surface area contributed by atoms with Crippen molar-refractivity contribution in [2.24, 2.45) is 0 Å². The van der Waals surface area contributed by atoms with Crippen LogP contribution in [0.15, 0.2) is 30.5 Å². The van der Waals surface area contributed by atoms with Crippen LogP contribution in [0, 0.1) is 6.92 Å². The number of thiazole rings is 1. The number of benzene rings is 1. The van der Waals surface area contributed by atoms with Gasteiger partial charge in [-0.1, -0.05) is 23.5 Å². The van der Waals surface area contributed by atoms with Crippen molar-refractivity contribution in [3.8, 4) is 0 Å². The summed E-state index contributed by atoms with van der Waals surface area (Å²) in [6.07, 6.45) is 4.05. The third-order valence-electron chi connectivity index (χ3n) is 5.29. The quantitative estimate of drug-likeness (QED) is 0.699. The Kier molecular flexibility index (Phi) is 4.04. The molecule has 7 heteroatoms. The molecule has 1 amide bonds. The van der Waals surface area contributed by atoms with E-state index in [1.54, 1.807) is 17.5 Å². The third-order valence-corrected chi connectivity index (χ3v) is 6.39. The molecule has 0 radical (unpaired) electrons. The first kappa shape index (κ1) is 16.6. The van der Waals surface area contributed by atoms with Gasteiger partial charge in [0.05, 0.1) is 21.5 Å². The molecule has 3 heterocycles. The second-order valence-corrected chi connectivity index (χ2v) is 8.25. The zero-order valence-electron chi connectivity index (χ0n) is 15.3. The molecule has 1 aromatic carbocycles. The lowest BCUT2D eigenvalue weighted by molar-refractivity contribution is 0.0745. The molecule has 2 fully saturated rings. The molecule has 1 aliphatic carbocycles. The van der Waals surface area contributed by atoms with E-state index in [1.807, 2.05) is 30.0 Å². The summed E-state index contributed by atoms with van der Waals surface area (Å²) in [5.74, 6) is 1.44. The van der Waals surface area contributed by atoms with Crippen LogP contribution in [0.3, 0.4) is 0 Å². The Morgan fingerprint density at radius 2 is 1.89 bits per heavy atom. The van der Waals surface area contributed by atoms with Gasteiger partial charge in [-0.3, -0.25) is 4.79 Å². The van der Waals surface area contributed by atoms with Gasteiger partial charge in [-0.05, 0) is 31.9 Å². The fourth-order valence-electron chi connectivity index (χ4n) is 3.50. The number of hydrogen-bond acceptors (Lipinski definition) is 6. The van der Waals surface area contributed by atoms with E-state index in [-0.39, 0.29) is 5.91 Å². The fraction of sp³-hybridized carbons (Fsp3) is 0.400. The van der Waals surface area contributed by atoms with E-state index in [0.717, 1.165) is 35.3 Å². The number of nitrogens with zero attached hydrogens (tertiary/aromatic N) is 5. The maximum atomic E-state index is 12.9. The van der Waals surface area contributed by atoms with E-state index in [0.29, 0.717) is 24.6 Å². The first-order valence-corrected chi connectivity index (χ1v) is 10.2.